The van der Waals surface area contributed by atoms with E-state index in [2.05, 4.69) is 9.71 Å². The van der Waals surface area contributed by atoms with Crippen LogP contribution < -0.4 is 10.5 Å². The van der Waals surface area contributed by atoms with Crippen molar-refractivity contribution in [2.45, 2.75) is 68.3 Å². The van der Waals surface area contributed by atoms with Crippen LogP contribution >= 0.6 is 11.6 Å². The van der Waals surface area contributed by atoms with E-state index >= 15 is 0 Å². The summed E-state index contributed by atoms with van der Waals surface area (Å²) in [5.74, 6) is -2.69. The number of carbonyl (C=O) groups excluding carboxylic acids is 3. The van der Waals surface area contributed by atoms with Gasteiger partial charge in [-0.2, -0.15) is 0 Å². The SMILES string of the molecule is CS(=O)(=O)N[C@H](C/C=C/CS(=O)(=O)c1ccccc1)C(=O)N1C[C@H](CCc2ccc(Cl)cc2)C[C@H]1C(=O)C[C@@H](CCCCN)C(=O)c1nc2ccccc2o1. The molecule has 0 saturated carbocycles. The van der Waals surface area contributed by atoms with Gasteiger partial charge in [-0.3, -0.25) is 14.4 Å². The molecule has 0 unspecified atom stereocenters. The number of oxazole rings is 1. The fourth-order valence-corrected chi connectivity index (χ4v) is 8.90. The van der Waals surface area contributed by atoms with Crippen molar-refractivity contribution in [3.05, 3.63) is 107 Å². The van der Waals surface area contributed by atoms with Gasteiger partial charge in [0, 0.05) is 23.9 Å². The zero-order valence-corrected chi connectivity index (χ0v) is 33.1. The number of nitrogens with zero attached hydrogens (tertiary/aromatic N) is 2. The molecule has 1 aliphatic rings. The lowest BCUT2D eigenvalue weighted by Crippen LogP contribution is -2.51. The van der Waals surface area contributed by atoms with Gasteiger partial charge in [0.15, 0.2) is 21.2 Å². The molecule has 2 heterocycles. The predicted octanol–water partition coefficient (Wildman–Crippen LogP) is 5.56. The number of nitrogens with two attached hydrogens (primary N) is 1. The lowest BCUT2D eigenvalue weighted by Gasteiger charge is -2.28. The lowest BCUT2D eigenvalue weighted by atomic mass is 9.88. The molecule has 15 heteroatoms. The fourth-order valence-electron chi connectivity index (χ4n) is 6.90. The van der Waals surface area contributed by atoms with E-state index < -0.39 is 49.6 Å². The minimum absolute atomic E-state index is 0.0922. The summed E-state index contributed by atoms with van der Waals surface area (Å²) in [6, 6.07) is 20.1. The van der Waals surface area contributed by atoms with Crippen molar-refractivity contribution in [1.82, 2.24) is 14.6 Å². The number of ketones is 2. The fraction of sp³-hybridized carbons (Fsp3) is 0.400. The number of amides is 1. The highest BCUT2D eigenvalue weighted by molar-refractivity contribution is 7.91. The second kappa shape index (κ2) is 19.1. The zero-order valence-electron chi connectivity index (χ0n) is 30.7. The minimum atomic E-state index is -3.91. The first-order valence-electron chi connectivity index (χ1n) is 18.3. The molecule has 0 aliphatic carbocycles. The highest BCUT2D eigenvalue weighted by Crippen LogP contribution is 2.32. The van der Waals surface area contributed by atoms with Crippen molar-refractivity contribution in [2.24, 2.45) is 17.6 Å². The van der Waals surface area contributed by atoms with Crippen molar-refractivity contribution in [2.75, 3.05) is 25.1 Å². The van der Waals surface area contributed by atoms with Crippen LogP contribution in [0, 0.1) is 11.8 Å². The molecule has 294 valence electrons. The molecule has 12 nitrogen and oxygen atoms in total. The number of nitrogens with one attached hydrogen (secondary N) is 1. The van der Waals surface area contributed by atoms with Gasteiger partial charge in [-0.15, -0.1) is 0 Å². The smallest absolute Gasteiger partial charge is 0.264 e. The zero-order chi connectivity index (χ0) is 39.6. The Morgan fingerprint density at radius 3 is 2.38 bits per heavy atom. The first-order chi connectivity index (χ1) is 26.2. The molecule has 0 spiro atoms. The number of Topliss-reactive ketones (excluding diaryl/α,β-unsaturated/α-hetero) is 2. The summed E-state index contributed by atoms with van der Waals surface area (Å²) in [5, 5.41) is 0.608. The number of aromatic nitrogens is 1. The summed E-state index contributed by atoms with van der Waals surface area (Å²) in [4.78, 5) is 48.4. The number of carbonyl (C=O) groups is 3. The van der Waals surface area contributed by atoms with Crippen LogP contribution in [0.4, 0.5) is 0 Å². The quantitative estimate of drug-likeness (QED) is 0.0651. The van der Waals surface area contributed by atoms with E-state index in [1.807, 2.05) is 12.1 Å². The van der Waals surface area contributed by atoms with E-state index in [1.54, 1.807) is 54.6 Å². The van der Waals surface area contributed by atoms with E-state index in [0.717, 1.165) is 11.8 Å². The van der Waals surface area contributed by atoms with E-state index in [4.69, 9.17) is 21.8 Å². The van der Waals surface area contributed by atoms with Crippen molar-refractivity contribution >= 4 is 60.0 Å². The van der Waals surface area contributed by atoms with Crippen LogP contribution in [0.25, 0.3) is 11.1 Å². The third-order valence-corrected chi connectivity index (χ3v) is 12.3. The van der Waals surface area contributed by atoms with Crippen LogP contribution in [-0.2, 0) is 35.9 Å². The number of benzene rings is 3. The lowest BCUT2D eigenvalue weighted by molar-refractivity contribution is -0.139. The van der Waals surface area contributed by atoms with Gasteiger partial charge in [-0.1, -0.05) is 72.6 Å². The van der Waals surface area contributed by atoms with Gasteiger partial charge in [-0.25, -0.2) is 26.5 Å². The van der Waals surface area contributed by atoms with Crippen LogP contribution in [0.15, 0.2) is 100 Å². The van der Waals surface area contributed by atoms with Crippen molar-refractivity contribution in [3.63, 3.8) is 0 Å². The third kappa shape index (κ3) is 11.9. The van der Waals surface area contributed by atoms with Gasteiger partial charge in [0.1, 0.15) is 11.6 Å². The van der Waals surface area contributed by atoms with Crippen LogP contribution in [0.3, 0.4) is 0 Å². The molecular formula is C40H47ClN4O8S2. The molecule has 1 saturated heterocycles. The Hall–Kier alpha value is -4.21. The average Bonchev–Trinajstić information content (AvgIpc) is 3.80. The molecule has 4 atom stereocenters. The molecular weight excluding hydrogens is 764 g/mol. The molecule has 3 N–H and O–H groups in total. The number of likely N-dealkylation sites (tertiary alicyclic amines) is 1. The average molecular weight is 811 g/mol. The first-order valence-corrected chi connectivity index (χ1v) is 22.2. The van der Waals surface area contributed by atoms with E-state index in [-0.39, 0.29) is 47.6 Å². The molecule has 55 heavy (non-hydrogen) atoms. The normalized spacial score (nSPS) is 17.5. The highest BCUT2D eigenvalue weighted by atomic mass is 35.5. The largest absolute Gasteiger partial charge is 0.434 e. The molecule has 1 fully saturated rings. The Balaban J connectivity index is 1.38. The van der Waals surface area contributed by atoms with E-state index in [9.17, 15) is 31.2 Å². The van der Waals surface area contributed by atoms with Gasteiger partial charge in [0.05, 0.1) is 22.9 Å². The summed E-state index contributed by atoms with van der Waals surface area (Å²) < 4.78 is 58.8. The van der Waals surface area contributed by atoms with Crippen molar-refractivity contribution in [1.29, 1.82) is 0 Å². The summed E-state index contributed by atoms with van der Waals surface area (Å²) in [6.45, 7) is 0.604. The van der Waals surface area contributed by atoms with Crippen molar-refractivity contribution in [3.8, 4) is 0 Å². The van der Waals surface area contributed by atoms with Gasteiger partial charge in [0.25, 0.3) is 5.89 Å². The van der Waals surface area contributed by atoms with Crippen molar-refractivity contribution < 1.29 is 35.6 Å². The second-order valence-corrected chi connectivity index (χ2v) is 18.3. The molecule has 3 aromatic carbocycles. The standard InChI is InChI=1S/C40H47ClN4O8S2/c1-54(49,50)44-34(15-8-10-24-55(51,52)32-12-3-2-4-13-32)40(48)45-27-29(18-17-28-19-21-31(41)22-20-28)25-35(45)36(46)26-30(11-7-9-23-42)38(47)39-43-33-14-5-6-16-37(33)53-39/h2-6,8,10,12-14,16,19-22,29-30,34-35,44H,7,9,11,15,17-18,23-27,42H2,1H3/b10-8+/t29-,30-,34-,35+/m1/s1. The Morgan fingerprint density at radius 1 is 0.982 bits per heavy atom. The second-order valence-electron chi connectivity index (χ2n) is 14.0. The Kier molecular flexibility index (Phi) is 14.6. The molecule has 4 aromatic rings. The minimum Gasteiger partial charge on any atom is -0.434 e. The number of para-hydroxylation sites is 2. The molecule has 5 rings (SSSR count). The number of hydrogen-bond donors (Lipinski definition) is 2. The van der Waals surface area contributed by atoms with Gasteiger partial charge < -0.3 is 15.1 Å². The van der Waals surface area contributed by atoms with E-state index in [1.165, 1.54) is 29.2 Å². The number of aryl methyl sites for hydroxylation is 1. The first kappa shape index (κ1) is 41.9. The number of fused-ring (bicyclic) bond motifs is 1. The van der Waals surface area contributed by atoms with Crippen LogP contribution in [0.1, 0.15) is 61.2 Å². The predicted molar refractivity (Wildman–Crippen MR) is 212 cm³/mol. The number of hydrogen-bond acceptors (Lipinski definition) is 10. The van der Waals surface area contributed by atoms with Gasteiger partial charge in [0.2, 0.25) is 21.7 Å². The monoisotopic (exact) mass is 810 g/mol. The maximum absolute atomic E-state index is 14.3. The number of rotatable bonds is 20. The maximum atomic E-state index is 14.3. The summed E-state index contributed by atoms with van der Waals surface area (Å²) >= 11 is 6.08. The Labute approximate surface area is 327 Å². The molecule has 0 radical (unpaired) electrons. The molecule has 1 aliphatic heterocycles. The summed E-state index contributed by atoms with van der Waals surface area (Å²) in [7, 11) is -7.57. The number of sulfonamides is 1. The molecule has 1 amide bonds. The van der Waals surface area contributed by atoms with Crippen LogP contribution in [0.5, 0.6) is 0 Å². The molecule has 0 bridgehead atoms. The van der Waals surface area contributed by atoms with Gasteiger partial charge >= 0.3 is 0 Å². The van der Waals surface area contributed by atoms with Crippen LogP contribution in [-0.4, -0.2) is 81.4 Å². The maximum Gasteiger partial charge on any atom is 0.264 e. The third-order valence-electron chi connectivity index (χ3n) is 9.74. The topological polar surface area (TPSA) is 187 Å². The summed E-state index contributed by atoms with van der Waals surface area (Å²) in [5.41, 5.74) is 7.75. The van der Waals surface area contributed by atoms with Crippen LogP contribution in [0.2, 0.25) is 5.02 Å². The molecule has 1 aromatic heterocycles. The number of unbranched alkanes of at least 4 members (excludes halogenated alkanes) is 1. The highest BCUT2D eigenvalue weighted by Gasteiger charge is 2.42. The number of halogens is 1. The number of sulfone groups is 1. The Bertz CT molecular complexity index is 2160. The Morgan fingerprint density at radius 2 is 1.69 bits per heavy atom. The summed E-state index contributed by atoms with van der Waals surface area (Å²) in [6.07, 6.45) is 6.65. The van der Waals surface area contributed by atoms with E-state index in [0.29, 0.717) is 61.2 Å². The van der Waals surface area contributed by atoms with Gasteiger partial charge in [-0.05, 0) is 92.9 Å².